The molecule has 1 rings (SSSR count). The van der Waals surface area contributed by atoms with Gasteiger partial charge in [-0.15, -0.1) is 0 Å². The Morgan fingerprint density at radius 2 is 2.31 bits per heavy atom. The molecule has 1 fully saturated rings. The molecule has 90 valence electrons. The highest BCUT2D eigenvalue weighted by molar-refractivity contribution is 9.11. The average Bonchev–Trinajstić information content (AvgIpc) is 2.68. The van der Waals surface area contributed by atoms with Gasteiger partial charge in [0.2, 0.25) is 11.8 Å². The van der Waals surface area contributed by atoms with Gasteiger partial charge in [0.05, 0.1) is 0 Å². The van der Waals surface area contributed by atoms with Gasteiger partial charge in [-0.2, -0.15) is 0 Å². The van der Waals surface area contributed by atoms with Crippen molar-refractivity contribution < 1.29 is 14.3 Å². The van der Waals surface area contributed by atoms with E-state index < -0.39 is 18.1 Å². The Morgan fingerprint density at radius 3 is 2.75 bits per heavy atom. The summed E-state index contributed by atoms with van der Waals surface area (Å²) in [5.41, 5.74) is 5.18. The van der Waals surface area contributed by atoms with Crippen LogP contribution >= 0.6 is 15.9 Å². The van der Waals surface area contributed by atoms with Gasteiger partial charge in [0.1, 0.15) is 12.1 Å². The molecule has 1 saturated heterocycles. The molecule has 2 atom stereocenters. The van der Waals surface area contributed by atoms with Gasteiger partial charge in [0.15, 0.2) is 0 Å². The van der Waals surface area contributed by atoms with Crippen LogP contribution in [-0.2, 0) is 14.3 Å². The maximum atomic E-state index is 11.7. The van der Waals surface area contributed by atoms with Crippen LogP contribution in [0.3, 0.4) is 0 Å². The van der Waals surface area contributed by atoms with E-state index in [-0.39, 0.29) is 12.3 Å². The van der Waals surface area contributed by atoms with Crippen molar-refractivity contribution in [1.82, 2.24) is 5.32 Å². The van der Waals surface area contributed by atoms with E-state index in [2.05, 4.69) is 27.8 Å². The molecule has 0 aromatic heterocycles. The maximum Gasteiger partial charge on any atom is 0.249 e. The lowest BCUT2D eigenvalue weighted by Crippen LogP contribution is -2.47. The van der Waals surface area contributed by atoms with E-state index in [1.54, 1.807) is 0 Å². The van der Waals surface area contributed by atoms with Crippen LogP contribution in [0.15, 0.2) is 11.1 Å². The predicted octanol–water partition coefficient (Wildman–Crippen LogP) is 0.434. The van der Waals surface area contributed by atoms with Crippen LogP contribution in [0.2, 0.25) is 0 Å². The minimum atomic E-state index is -0.733. The standard InChI is InChI=1S/C10H15BrN2O3/c1-6(11)5-7(9(12)14)13-10(15)8-3-2-4-16-8/h7-8H,1-5H2,(H2,12,14)(H,13,15)/t7-,8+/m1/s1. The van der Waals surface area contributed by atoms with Crippen LogP contribution in [0.5, 0.6) is 0 Å². The van der Waals surface area contributed by atoms with Crippen LogP contribution < -0.4 is 11.1 Å². The van der Waals surface area contributed by atoms with E-state index in [1.165, 1.54) is 0 Å². The first kappa shape index (κ1) is 13.2. The molecule has 0 unspecified atom stereocenters. The first-order valence-corrected chi connectivity index (χ1v) is 5.84. The number of carbonyl (C=O) groups is 2. The van der Waals surface area contributed by atoms with Crippen molar-refractivity contribution >= 4 is 27.7 Å². The van der Waals surface area contributed by atoms with E-state index in [4.69, 9.17) is 10.5 Å². The SMILES string of the molecule is C=C(Br)C[C@@H](NC(=O)[C@@H]1CCCO1)C(N)=O. The first-order valence-electron chi connectivity index (χ1n) is 5.05. The fourth-order valence-corrected chi connectivity index (χ4v) is 1.82. The van der Waals surface area contributed by atoms with Gasteiger partial charge >= 0.3 is 0 Å². The number of rotatable bonds is 5. The molecule has 0 spiro atoms. The van der Waals surface area contributed by atoms with Crippen molar-refractivity contribution in [2.75, 3.05) is 6.61 Å². The van der Waals surface area contributed by atoms with Gasteiger partial charge in [-0.05, 0) is 17.3 Å². The highest BCUT2D eigenvalue weighted by Crippen LogP contribution is 2.14. The Balaban J connectivity index is 2.50. The van der Waals surface area contributed by atoms with Crippen LogP contribution in [0, 0.1) is 0 Å². The minimum absolute atomic E-state index is 0.282. The Bertz CT molecular complexity index is 300. The van der Waals surface area contributed by atoms with E-state index in [1.807, 2.05) is 0 Å². The summed E-state index contributed by atoms with van der Waals surface area (Å²) >= 11 is 3.13. The molecule has 1 aliphatic rings. The smallest absolute Gasteiger partial charge is 0.249 e. The van der Waals surface area contributed by atoms with Crippen LogP contribution in [0.4, 0.5) is 0 Å². The Morgan fingerprint density at radius 1 is 1.62 bits per heavy atom. The van der Waals surface area contributed by atoms with E-state index in [9.17, 15) is 9.59 Å². The van der Waals surface area contributed by atoms with Gasteiger partial charge in [-0.1, -0.05) is 22.5 Å². The zero-order valence-electron chi connectivity index (χ0n) is 8.87. The molecule has 1 heterocycles. The summed E-state index contributed by atoms with van der Waals surface area (Å²) < 4.78 is 5.82. The summed E-state index contributed by atoms with van der Waals surface area (Å²) in [4.78, 5) is 22.7. The predicted molar refractivity (Wildman–Crippen MR) is 62.8 cm³/mol. The van der Waals surface area contributed by atoms with E-state index in [0.717, 1.165) is 6.42 Å². The lowest BCUT2D eigenvalue weighted by Gasteiger charge is -2.17. The number of amides is 2. The molecule has 2 amide bonds. The number of carbonyl (C=O) groups excluding carboxylic acids is 2. The lowest BCUT2D eigenvalue weighted by atomic mass is 10.1. The van der Waals surface area contributed by atoms with E-state index >= 15 is 0 Å². The Hall–Kier alpha value is -0.880. The van der Waals surface area contributed by atoms with Gasteiger partial charge in [-0.3, -0.25) is 9.59 Å². The zero-order valence-corrected chi connectivity index (χ0v) is 10.5. The summed E-state index contributed by atoms with van der Waals surface area (Å²) in [5, 5.41) is 2.56. The number of halogens is 1. The molecule has 0 aromatic carbocycles. The summed E-state index contributed by atoms with van der Waals surface area (Å²) in [6.07, 6.45) is 1.38. The fraction of sp³-hybridized carbons (Fsp3) is 0.600. The molecule has 0 saturated carbocycles. The van der Waals surface area contributed by atoms with Gasteiger partial charge in [0, 0.05) is 13.0 Å². The Kier molecular flexibility index (Phi) is 4.95. The first-order chi connectivity index (χ1) is 7.50. The summed E-state index contributed by atoms with van der Waals surface area (Å²) in [7, 11) is 0. The molecular weight excluding hydrogens is 276 g/mol. The normalized spacial score (nSPS) is 21.4. The van der Waals surface area contributed by atoms with Crippen LogP contribution in [0.1, 0.15) is 19.3 Å². The lowest BCUT2D eigenvalue weighted by molar-refractivity contribution is -0.133. The number of hydrogen-bond donors (Lipinski definition) is 2. The summed E-state index contributed by atoms with van der Waals surface area (Å²) in [5.74, 6) is -0.859. The summed E-state index contributed by atoms with van der Waals surface area (Å²) in [6, 6.07) is -0.733. The molecule has 5 nitrogen and oxygen atoms in total. The number of hydrogen-bond acceptors (Lipinski definition) is 3. The molecule has 0 aliphatic carbocycles. The van der Waals surface area contributed by atoms with E-state index in [0.29, 0.717) is 17.5 Å². The van der Waals surface area contributed by atoms with Gasteiger partial charge in [-0.25, -0.2) is 0 Å². The second-order valence-electron chi connectivity index (χ2n) is 3.69. The highest BCUT2D eigenvalue weighted by Gasteiger charge is 2.27. The molecule has 16 heavy (non-hydrogen) atoms. The highest BCUT2D eigenvalue weighted by atomic mass is 79.9. The third-order valence-corrected chi connectivity index (χ3v) is 2.63. The van der Waals surface area contributed by atoms with Crippen molar-refractivity contribution in [3.05, 3.63) is 11.1 Å². The van der Waals surface area contributed by atoms with Crippen LogP contribution in [0.25, 0.3) is 0 Å². The van der Waals surface area contributed by atoms with Gasteiger partial charge in [0.25, 0.3) is 0 Å². The quantitative estimate of drug-likeness (QED) is 0.771. The second kappa shape index (κ2) is 6.00. The van der Waals surface area contributed by atoms with Crippen molar-refractivity contribution in [2.24, 2.45) is 5.73 Å². The maximum absolute atomic E-state index is 11.7. The molecule has 0 radical (unpaired) electrons. The second-order valence-corrected chi connectivity index (χ2v) is 4.81. The van der Waals surface area contributed by atoms with Crippen molar-refractivity contribution in [1.29, 1.82) is 0 Å². The number of nitrogens with two attached hydrogens (primary N) is 1. The van der Waals surface area contributed by atoms with Crippen LogP contribution in [-0.4, -0.2) is 30.6 Å². The average molecular weight is 291 g/mol. The largest absolute Gasteiger partial charge is 0.368 e. The number of nitrogens with one attached hydrogen (secondary N) is 1. The minimum Gasteiger partial charge on any atom is -0.368 e. The molecule has 1 aliphatic heterocycles. The molecule has 0 bridgehead atoms. The van der Waals surface area contributed by atoms with Crippen molar-refractivity contribution in [2.45, 2.75) is 31.4 Å². The number of primary amides is 1. The topological polar surface area (TPSA) is 81.4 Å². The molecular formula is C10H15BrN2O3. The van der Waals surface area contributed by atoms with Crippen molar-refractivity contribution in [3.8, 4) is 0 Å². The van der Waals surface area contributed by atoms with Crippen molar-refractivity contribution in [3.63, 3.8) is 0 Å². The van der Waals surface area contributed by atoms with Gasteiger partial charge < -0.3 is 15.8 Å². The molecule has 6 heteroatoms. The third kappa shape index (κ3) is 3.94. The monoisotopic (exact) mass is 290 g/mol. The molecule has 3 N–H and O–H groups in total. The summed E-state index contributed by atoms with van der Waals surface area (Å²) in [6.45, 7) is 4.20. The number of ether oxygens (including phenoxy) is 1. The Labute approximate surface area is 103 Å². The third-order valence-electron chi connectivity index (χ3n) is 2.31. The zero-order chi connectivity index (χ0) is 12.1. The molecule has 0 aromatic rings. The fourth-order valence-electron chi connectivity index (χ4n) is 1.49.